The molecule has 15 heavy (non-hydrogen) atoms. The fourth-order valence-electron chi connectivity index (χ4n) is 0.935. The van der Waals surface area contributed by atoms with Crippen molar-refractivity contribution in [1.82, 2.24) is 0 Å². The largest absolute Gasteiger partial charge is 0.482 e. The lowest BCUT2D eigenvalue weighted by Gasteiger charge is -2.07. The maximum atomic E-state index is 10.2. The van der Waals surface area contributed by atoms with Crippen molar-refractivity contribution in [2.45, 2.75) is 5.44 Å². The Labute approximate surface area is 90.5 Å². The van der Waals surface area contributed by atoms with Gasteiger partial charge in [0, 0.05) is 12.0 Å². The molecule has 1 rings (SSSR count). The average molecular weight is 230 g/mol. The molecule has 0 aliphatic heterocycles. The Morgan fingerprint density at radius 2 is 2.00 bits per heavy atom. The topological polar surface area (TPSA) is 87.0 Å². The van der Waals surface area contributed by atoms with Crippen LogP contribution in [-0.2, 0) is 4.79 Å². The Balaban J connectivity index is 2.60. The molecule has 0 saturated heterocycles. The molecule has 1 aromatic rings. The third-order valence-electron chi connectivity index (χ3n) is 1.63. The molecular formula is C9H10O5S. The van der Waals surface area contributed by atoms with E-state index in [2.05, 4.69) is 0 Å². The van der Waals surface area contributed by atoms with Crippen molar-refractivity contribution in [3.8, 4) is 5.75 Å². The van der Waals surface area contributed by atoms with Crippen molar-refractivity contribution in [2.75, 3.05) is 6.61 Å². The van der Waals surface area contributed by atoms with Crippen molar-refractivity contribution in [1.29, 1.82) is 0 Å². The van der Waals surface area contributed by atoms with Gasteiger partial charge in [-0.25, -0.2) is 4.79 Å². The predicted molar refractivity (Wildman–Crippen MR) is 54.8 cm³/mol. The van der Waals surface area contributed by atoms with Crippen LogP contribution in [0.4, 0.5) is 0 Å². The first-order valence-corrected chi connectivity index (χ1v) is 4.90. The number of carboxylic acids is 1. The Morgan fingerprint density at radius 3 is 2.47 bits per heavy atom. The minimum atomic E-state index is -1.05. The second kappa shape index (κ2) is 5.59. The van der Waals surface area contributed by atoms with Gasteiger partial charge in [-0.2, -0.15) is 0 Å². The number of aliphatic carboxylic acids is 1. The van der Waals surface area contributed by atoms with Crippen LogP contribution in [-0.4, -0.2) is 27.3 Å². The van der Waals surface area contributed by atoms with Crippen LogP contribution in [0, 0.1) is 0 Å². The molecule has 5 nitrogen and oxygen atoms in total. The van der Waals surface area contributed by atoms with Crippen molar-refractivity contribution in [2.24, 2.45) is 0 Å². The number of ether oxygens (including phenoxy) is 1. The molecule has 1 atom stereocenters. The lowest BCUT2D eigenvalue weighted by molar-refractivity contribution is -0.139. The molecule has 3 N–H and O–H groups in total. The summed E-state index contributed by atoms with van der Waals surface area (Å²) in [6.07, 6.45) is 0. The van der Waals surface area contributed by atoms with E-state index in [0.717, 1.165) is 0 Å². The first-order valence-electron chi connectivity index (χ1n) is 4.06. The van der Waals surface area contributed by atoms with Gasteiger partial charge in [0.15, 0.2) is 6.61 Å². The number of hydrogen-bond donors (Lipinski definition) is 3. The molecule has 0 aromatic heterocycles. The number of aliphatic hydroxyl groups excluding tert-OH is 1. The summed E-state index contributed by atoms with van der Waals surface area (Å²) in [6, 6.07) is 6.14. The minimum Gasteiger partial charge on any atom is -0.482 e. The van der Waals surface area contributed by atoms with Gasteiger partial charge in [0.2, 0.25) is 0 Å². The summed E-state index contributed by atoms with van der Waals surface area (Å²) in [5, 5.41) is 17.6. The second-order valence-electron chi connectivity index (χ2n) is 2.71. The van der Waals surface area contributed by atoms with E-state index in [4.69, 9.17) is 14.4 Å². The SMILES string of the molecule is O=C(O)COc1ccc(C(O)SO)cc1. The molecule has 82 valence electrons. The van der Waals surface area contributed by atoms with E-state index in [0.29, 0.717) is 23.4 Å². The maximum absolute atomic E-state index is 10.2. The number of hydrogen-bond acceptors (Lipinski definition) is 5. The molecule has 1 aromatic carbocycles. The third kappa shape index (κ3) is 3.78. The van der Waals surface area contributed by atoms with Gasteiger partial charge in [0.25, 0.3) is 0 Å². The number of benzene rings is 1. The quantitative estimate of drug-likeness (QED) is 0.522. The summed E-state index contributed by atoms with van der Waals surface area (Å²) in [7, 11) is 0. The van der Waals surface area contributed by atoms with E-state index in [1.807, 2.05) is 0 Å². The minimum absolute atomic E-state index is 0.323. The van der Waals surface area contributed by atoms with Gasteiger partial charge in [-0.15, -0.1) is 0 Å². The highest BCUT2D eigenvalue weighted by Gasteiger charge is 2.06. The van der Waals surface area contributed by atoms with Crippen molar-refractivity contribution >= 4 is 18.0 Å². The number of carboxylic acid groups (broad SMARTS) is 1. The molecule has 0 aliphatic rings. The molecule has 0 saturated carbocycles. The molecular weight excluding hydrogens is 220 g/mol. The van der Waals surface area contributed by atoms with Gasteiger partial charge in [-0.1, -0.05) is 12.1 Å². The highest BCUT2D eigenvalue weighted by Crippen LogP contribution is 2.24. The Kier molecular flexibility index (Phi) is 4.41. The van der Waals surface area contributed by atoms with Crippen LogP contribution >= 0.6 is 12.0 Å². The summed E-state index contributed by atoms with van der Waals surface area (Å²) in [6.45, 7) is -0.406. The molecule has 0 spiro atoms. The molecule has 0 heterocycles. The van der Waals surface area contributed by atoms with Crippen LogP contribution in [0.1, 0.15) is 11.0 Å². The highest BCUT2D eigenvalue weighted by molar-refractivity contribution is 7.93. The van der Waals surface area contributed by atoms with Crippen LogP contribution in [0.15, 0.2) is 24.3 Å². The summed E-state index contributed by atoms with van der Waals surface area (Å²) in [5.41, 5.74) is -0.483. The number of carbonyl (C=O) groups is 1. The molecule has 6 heteroatoms. The lowest BCUT2D eigenvalue weighted by Crippen LogP contribution is -2.09. The molecule has 1 unspecified atom stereocenters. The van der Waals surface area contributed by atoms with E-state index >= 15 is 0 Å². The van der Waals surface area contributed by atoms with E-state index in [9.17, 15) is 9.90 Å². The molecule has 0 amide bonds. The standard InChI is InChI=1S/C9H10O5S/c10-8(11)5-14-7-3-1-6(2-4-7)9(12)15-13/h1-4,9,12-13H,5H2,(H,10,11). The predicted octanol–water partition coefficient (Wildman–Crippen LogP) is 1.35. The first-order chi connectivity index (χ1) is 7.13. The van der Waals surface area contributed by atoms with E-state index in [1.54, 1.807) is 12.1 Å². The highest BCUT2D eigenvalue weighted by atomic mass is 32.2. The molecule has 0 bridgehead atoms. The van der Waals surface area contributed by atoms with Gasteiger partial charge < -0.3 is 19.5 Å². The monoisotopic (exact) mass is 230 g/mol. The zero-order chi connectivity index (χ0) is 11.3. The Morgan fingerprint density at radius 1 is 1.40 bits per heavy atom. The Hall–Kier alpha value is -1.24. The molecule has 0 radical (unpaired) electrons. The fraction of sp³-hybridized carbons (Fsp3) is 0.222. The van der Waals surface area contributed by atoms with Gasteiger partial charge in [-0.05, 0) is 17.7 Å². The normalized spacial score (nSPS) is 12.1. The number of rotatable bonds is 5. The van der Waals surface area contributed by atoms with Crippen LogP contribution in [0.2, 0.25) is 0 Å². The lowest BCUT2D eigenvalue weighted by atomic mass is 10.2. The van der Waals surface area contributed by atoms with Gasteiger partial charge >= 0.3 is 5.97 Å². The van der Waals surface area contributed by atoms with E-state index < -0.39 is 18.0 Å². The van der Waals surface area contributed by atoms with Crippen LogP contribution in [0.25, 0.3) is 0 Å². The second-order valence-corrected chi connectivity index (χ2v) is 3.37. The first kappa shape index (κ1) is 11.8. The zero-order valence-corrected chi connectivity index (χ0v) is 8.48. The summed E-state index contributed by atoms with van der Waals surface area (Å²) < 4.78 is 13.5. The molecule has 0 aliphatic carbocycles. The summed E-state index contributed by atoms with van der Waals surface area (Å²) in [5.74, 6) is -0.652. The van der Waals surface area contributed by atoms with Crippen molar-refractivity contribution in [3.63, 3.8) is 0 Å². The van der Waals surface area contributed by atoms with E-state index in [-0.39, 0.29) is 0 Å². The Bertz CT molecular complexity index is 324. The average Bonchev–Trinajstić information content (AvgIpc) is 2.26. The van der Waals surface area contributed by atoms with Crippen molar-refractivity contribution in [3.05, 3.63) is 29.8 Å². The smallest absolute Gasteiger partial charge is 0.341 e. The maximum Gasteiger partial charge on any atom is 0.341 e. The van der Waals surface area contributed by atoms with Gasteiger partial charge in [0.05, 0.1) is 0 Å². The van der Waals surface area contributed by atoms with Crippen LogP contribution in [0.3, 0.4) is 0 Å². The summed E-state index contributed by atoms with van der Waals surface area (Å²) in [4.78, 5) is 10.2. The van der Waals surface area contributed by atoms with Gasteiger partial charge in [0.1, 0.15) is 11.2 Å². The number of aliphatic hydroxyl groups is 1. The zero-order valence-electron chi connectivity index (χ0n) is 7.66. The molecule has 0 fully saturated rings. The van der Waals surface area contributed by atoms with E-state index in [1.165, 1.54) is 12.1 Å². The van der Waals surface area contributed by atoms with Crippen LogP contribution in [0.5, 0.6) is 5.75 Å². The van der Waals surface area contributed by atoms with Crippen molar-refractivity contribution < 1.29 is 24.3 Å². The summed E-state index contributed by atoms with van der Waals surface area (Å²) >= 11 is 0.323. The third-order valence-corrected chi connectivity index (χ3v) is 2.10. The van der Waals surface area contributed by atoms with Gasteiger partial charge in [-0.3, -0.25) is 0 Å². The van der Waals surface area contributed by atoms with Crippen LogP contribution < -0.4 is 4.74 Å². The fourth-order valence-corrected chi connectivity index (χ4v) is 1.21.